The van der Waals surface area contributed by atoms with E-state index in [2.05, 4.69) is 10.5 Å². The Morgan fingerprint density at radius 1 is 1.30 bits per heavy atom. The number of hydrazone groups is 1. The van der Waals surface area contributed by atoms with Crippen molar-refractivity contribution in [1.82, 2.24) is 5.43 Å². The Labute approximate surface area is 176 Å². The molecule has 0 unspecified atom stereocenters. The number of benzene rings is 2. The van der Waals surface area contributed by atoms with Crippen molar-refractivity contribution in [3.63, 3.8) is 0 Å². The lowest BCUT2D eigenvalue weighted by atomic mass is 10.1. The number of para-hydroxylation sites is 1. The summed E-state index contributed by atoms with van der Waals surface area (Å²) >= 11 is 6.14. The SMILES string of the molecule is CCOc1cc(C=NNC(=O)Cc2ccccc2[N+](=O)[O-])cc(Cl)c1OCC(=O)O. The molecule has 2 rings (SSSR count). The Morgan fingerprint density at radius 3 is 2.70 bits per heavy atom. The molecule has 0 aliphatic heterocycles. The van der Waals surface area contributed by atoms with Crippen LogP contribution in [0, 0.1) is 10.1 Å². The second kappa shape index (κ2) is 10.8. The van der Waals surface area contributed by atoms with E-state index in [1.165, 1.54) is 36.5 Å². The summed E-state index contributed by atoms with van der Waals surface area (Å²) in [7, 11) is 0. The molecule has 0 aliphatic carbocycles. The van der Waals surface area contributed by atoms with Crippen LogP contribution in [0.3, 0.4) is 0 Å². The van der Waals surface area contributed by atoms with Gasteiger partial charge < -0.3 is 14.6 Å². The molecule has 11 heteroatoms. The summed E-state index contributed by atoms with van der Waals surface area (Å²) in [6.45, 7) is 1.43. The maximum Gasteiger partial charge on any atom is 0.341 e. The molecule has 0 fully saturated rings. The van der Waals surface area contributed by atoms with Gasteiger partial charge in [-0.2, -0.15) is 5.10 Å². The highest BCUT2D eigenvalue weighted by Crippen LogP contribution is 2.36. The van der Waals surface area contributed by atoms with Crippen molar-refractivity contribution in [3.05, 3.63) is 62.7 Å². The average Bonchev–Trinajstić information content (AvgIpc) is 2.67. The summed E-state index contributed by atoms with van der Waals surface area (Å²) in [5, 5.41) is 23.7. The number of halogens is 1. The van der Waals surface area contributed by atoms with E-state index >= 15 is 0 Å². The van der Waals surface area contributed by atoms with Gasteiger partial charge in [0.1, 0.15) is 0 Å². The number of nitro benzene ring substituents is 1. The van der Waals surface area contributed by atoms with Gasteiger partial charge >= 0.3 is 5.97 Å². The third-order valence-corrected chi connectivity index (χ3v) is 3.89. The molecule has 0 atom stereocenters. The summed E-state index contributed by atoms with van der Waals surface area (Å²) in [5.41, 5.74) is 2.85. The number of carbonyl (C=O) groups excluding carboxylic acids is 1. The number of hydrogen-bond acceptors (Lipinski definition) is 7. The topological polar surface area (TPSA) is 140 Å². The number of nitrogens with zero attached hydrogens (tertiary/aromatic N) is 2. The van der Waals surface area contributed by atoms with E-state index in [9.17, 15) is 19.7 Å². The largest absolute Gasteiger partial charge is 0.490 e. The quantitative estimate of drug-likeness (QED) is 0.332. The van der Waals surface area contributed by atoms with Gasteiger partial charge in [0.2, 0.25) is 5.91 Å². The van der Waals surface area contributed by atoms with Crippen LogP contribution in [-0.2, 0) is 16.0 Å². The van der Waals surface area contributed by atoms with Crippen molar-refractivity contribution in [1.29, 1.82) is 0 Å². The Balaban J connectivity index is 2.09. The summed E-state index contributed by atoms with van der Waals surface area (Å²) < 4.78 is 10.6. The van der Waals surface area contributed by atoms with Crippen molar-refractivity contribution >= 4 is 35.4 Å². The highest BCUT2D eigenvalue weighted by molar-refractivity contribution is 6.32. The number of ether oxygens (including phenoxy) is 2. The van der Waals surface area contributed by atoms with Gasteiger partial charge in [0.15, 0.2) is 18.1 Å². The Kier molecular flexibility index (Phi) is 8.12. The molecule has 0 spiro atoms. The van der Waals surface area contributed by atoms with Crippen molar-refractivity contribution in [2.45, 2.75) is 13.3 Å². The minimum Gasteiger partial charge on any atom is -0.490 e. The maximum absolute atomic E-state index is 12.0. The molecule has 0 heterocycles. The summed E-state index contributed by atoms with van der Waals surface area (Å²) in [5.74, 6) is -1.41. The molecule has 0 bridgehead atoms. The van der Waals surface area contributed by atoms with Gasteiger partial charge in [-0.15, -0.1) is 0 Å². The van der Waals surface area contributed by atoms with Crippen LogP contribution in [-0.4, -0.2) is 41.3 Å². The van der Waals surface area contributed by atoms with Gasteiger partial charge in [-0.3, -0.25) is 14.9 Å². The van der Waals surface area contributed by atoms with Gasteiger partial charge in [-0.1, -0.05) is 29.8 Å². The van der Waals surface area contributed by atoms with E-state index in [1.54, 1.807) is 13.0 Å². The minimum atomic E-state index is -1.17. The maximum atomic E-state index is 12.0. The molecule has 30 heavy (non-hydrogen) atoms. The van der Waals surface area contributed by atoms with E-state index in [0.29, 0.717) is 5.56 Å². The van der Waals surface area contributed by atoms with E-state index in [1.807, 2.05) is 0 Å². The van der Waals surface area contributed by atoms with Crippen LogP contribution < -0.4 is 14.9 Å². The fraction of sp³-hybridized carbons (Fsp3) is 0.211. The van der Waals surface area contributed by atoms with E-state index in [4.69, 9.17) is 26.2 Å². The van der Waals surface area contributed by atoms with Crippen LogP contribution in [0.15, 0.2) is 41.5 Å². The van der Waals surface area contributed by atoms with E-state index in [0.717, 1.165) is 0 Å². The number of nitro groups is 1. The second-order valence-corrected chi connectivity index (χ2v) is 6.21. The molecule has 0 aliphatic rings. The third kappa shape index (κ3) is 6.45. The predicted molar refractivity (Wildman–Crippen MR) is 108 cm³/mol. The van der Waals surface area contributed by atoms with Gasteiger partial charge in [-0.05, 0) is 24.6 Å². The Bertz CT molecular complexity index is 979. The van der Waals surface area contributed by atoms with Gasteiger partial charge in [0.25, 0.3) is 5.69 Å². The lowest BCUT2D eigenvalue weighted by Crippen LogP contribution is -2.20. The number of carboxylic acid groups (broad SMARTS) is 1. The zero-order valence-corrected chi connectivity index (χ0v) is 16.6. The zero-order valence-electron chi connectivity index (χ0n) is 15.8. The summed E-state index contributed by atoms with van der Waals surface area (Å²) in [4.78, 5) is 33.2. The number of rotatable bonds is 10. The number of carbonyl (C=O) groups is 2. The Hall–Kier alpha value is -3.66. The third-order valence-electron chi connectivity index (χ3n) is 3.61. The van der Waals surface area contributed by atoms with Crippen LogP contribution in [0.2, 0.25) is 5.02 Å². The summed E-state index contributed by atoms with van der Waals surface area (Å²) in [6.07, 6.45) is 1.08. The van der Waals surface area contributed by atoms with Gasteiger partial charge in [0.05, 0.1) is 29.2 Å². The van der Waals surface area contributed by atoms with E-state index in [-0.39, 0.29) is 40.8 Å². The van der Waals surface area contributed by atoms with Crippen LogP contribution in [0.5, 0.6) is 11.5 Å². The van der Waals surface area contributed by atoms with E-state index < -0.39 is 23.4 Å². The van der Waals surface area contributed by atoms with Crippen molar-refractivity contribution in [2.24, 2.45) is 5.10 Å². The number of amides is 1. The molecule has 10 nitrogen and oxygen atoms in total. The molecule has 1 amide bonds. The number of nitrogens with one attached hydrogen (secondary N) is 1. The smallest absolute Gasteiger partial charge is 0.341 e. The lowest BCUT2D eigenvalue weighted by molar-refractivity contribution is -0.385. The first kappa shape index (κ1) is 22.6. The van der Waals surface area contributed by atoms with Gasteiger partial charge in [0, 0.05) is 11.6 Å². The molecular formula is C19H18ClN3O7. The van der Waals surface area contributed by atoms with Crippen molar-refractivity contribution in [2.75, 3.05) is 13.2 Å². The first-order valence-corrected chi connectivity index (χ1v) is 9.04. The fourth-order valence-electron chi connectivity index (χ4n) is 2.43. The number of carboxylic acids is 1. The van der Waals surface area contributed by atoms with Crippen LogP contribution >= 0.6 is 11.6 Å². The number of aliphatic carboxylic acids is 1. The Morgan fingerprint density at radius 2 is 2.03 bits per heavy atom. The minimum absolute atomic E-state index is 0.0819. The standard InChI is InChI=1S/C19H18ClN3O7/c1-2-29-16-8-12(7-14(20)19(16)30-11-18(25)26)10-21-22-17(24)9-13-5-3-4-6-15(13)23(27)28/h3-8,10H,2,9,11H2,1H3,(H,22,24)(H,25,26). The fourth-order valence-corrected chi connectivity index (χ4v) is 2.70. The predicted octanol–water partition coefficient (Wildman–Crippen LogP) is 2.80. The molecule has 158 valence electrons. The molecule has 2 aromatic carbocycles. The normalized spacial score (nSPS) is 10.6. The van der Waals surface area contributed by atoms with Crippen LogP contribution in [0.25, 0.3) is 0 Å². The van der Waals surface area contributed by atoms with Gasteiger partial charge in [-0.25, -0.2) is 10.2 Å². The molecule has 0 aromatic heterocycles. The van der Waals surface area contributed by atoms with Crippen molar-refractivity contribution < 1.29 is 29.1 Å². The molecule has 2 N–H and O–H groups in total. The zero-order chi connectivity index (χ0) is 22.1. The molecule has 0 saturated heterocycles. The first-order valence-electron chi connectivity index (χ1n) is 8.67. The highest BCUT2D eigenvalue weighted by Gasteiger charge is 2.16. The highest BCUT2D eigenvalue weighted by atomic mass is 35.5. The van der Waals surface area contributed by atoms with Crippen LogP contribution in [0.4, 0.5) is 5.69 Å². The van der Waals surface area contributed by atoms with Crippen molar-refractivity contribution in [3.8, 4) is 11.5 Å². The first-order chi connectivity index (χ1) is 14.3. The monoisotopic (exact) mass is 435 g/mol. The average molecular weight is 436 g/mol. The molecule has 2 aromatic rings. The van der Waals surface area contributed by atoms with Crippen LogP contribution in [0.1, 0.15) is 18.1 Å². The molecule has 0 radical (unpaired) electrons. The molecule has 0 saturated carbocycles. The summed E-state index contributed by atoms with van der Waals surface area (Å²) in [6, 6.07) is 8.90. The number of hydrogen-bond donors (Lipinski definition) is 2. The second-order valence-electron chi connectivity index (χ2n) is 5.80. The lowest BCUT2D eigenvalue weighted by Gasteiger charge is -2.13. The molecular weight excluding hydrogens is 418 g/mol.